The van der Waals surface area contributed by atoms with Crippen LogP contribution in [0.5, 0.6) is 11.5 Å². The van der Waals surface area contributed by atoms with Crippen LogP contribution in [0.2, 0.25) is 0 Å². The topological polar surface area (TPSA) is 125 Å². The summed E-state index contributed by atoms with van der Waals surface area (Å²) in [6.45, 7) is 6.87. The molecule has 1 saturated heterocycles. The Labute approximate surface area is 231 Å². The standard InChI is InChI=1S/C29H32N2O7S/c1-17-6-4-7-18(2)24(17)30-29(36)31-12-10-20(11-13-31)15-37-22-9-5-8-21(14-22)26-19(3)25(38-16-23(32)33)27(39-26)28(34)35/h4-9,14,20H,10-13,15-16H2,1-3H3,(H,30,36)(H,32,33)(H,34,35). The van der Waals surface area contributed by atoms with E-state index < -0.39 is 18.5 Å². The Bertz CT molecular complexity index is 1360. The molecule has 0 unspecified atom stereocenters. The maximum Gasteiger partial charge on any atom is 0.349 e. The Morgan fingerprint density at radius 1 is 1.00 bits per heavy atom. The predicted octanol–water partition coefficient (Wildman–Crippen LogP) is 5.82. The van der Waals surface area contributed by atoms with Crippen LogP contribution in [0, 0.1) is 26.7 Å². The lowest BCUT2D eigenvalue weighted by Gasteiger charge is -2.32. The molecule has 1 fully saturated rings. The third kappa shape index (κ3) is 6.69. The Balaban J connectivity index is 1.35. The van der Waals surface area contributed by atoms with Crippen molar-refractivity contribution in [1.82, 2.24) is 4.90 Å². The first kappa shape index (κ1) is 28.0. The van der Waals surface area contributed by atoms with E-state index in [1.807, 2.05) is 61.2 Å². The van der Waals surface area contributed by atoms with Gasteiger partial charge in [0, 0.05) is 29.2 Å². The summed E-state index contributed by atoms with van der Waals surface area (Å²) in [6.07, 6.45) is 1.66. The minimum Gasteiger partial charge on any atom is -0.493 e. The number of hydrogen-bond acceptors (Lipinski definition) is 6. The average Bonchev–Trinajstić information content (AvgIpc) is 3.25. The zero-order valence-corrected chi connectivity index (χ0v) is 23.0. The molecule has 3 aromatic rings. The summed E-state index contributed by atoms with van der Waals surface area (Å²) in [7, 11) is 0. The number of urea groups is 1. The van der Waals surface area contributed by atoms with Gasteiger partial charge in [-0.3, -0.25) is 0 Å². The minimum absolute atomic E-state index is 0.0385. The number of piperidine rings is 1. The number of amides is 2. The SMILES string of the molecule is Cc1cccc(C)c1NC(=O)N1CCC(COc2cccc(-c3sc(C(=O)O)c(OCC(=O)O)c3C)c2)CC1. The number of anilines is 1. The van der Waals surface area contributed by atoms with E-state index in [0.717, 1.165) is 46.6 Å². The molecule has 0 spiro atoms. The number of thiophene rings is 1. The van der Waals surface area contributed by atoms with E-state index in [-0.39, 0.29) is 16.7 Å². The van der Waals surface area contributed by atoms with Crippen molar-refractivity contribution in [3.8, 4) is 21.9 Å². The minimum atomic E-state index is -1.18. The molecule has 3 N–H and O–H groups in total. The molecule has 0 atom stereocenters. The van der Waals surface area contributed by atoms with Gasteiger partial charge in [0.15, 0.2) is 11.5 Å². The average molecular weight is 553 g/mol. The lowest BCUT2D eigenvalue weighted by molar-refractivity contribution is -0.139. The Kier molecular flexibility index (Phi) is 8.75. The fraction of sp³-hybridized carbons (Fsp3) is 0.345. The summed E-state index contributed by atoms with van der Waals surface area (Å²) in [6, 6.07) is 13.2. The van der Waals surface area contributed by atoms with Gasteiger partial charge in [-0.1, -0.05) is 30.3 Å². The highest BCUT2D eigenvalue weighted by atomic mass is 32.1. The van der Waals surface area contributed by atoms with Crippen molar-refractivity contribution in [1.29, 1.82) is 0 Å². The summed E-state index contributed by atoms with van der Waals surface area (Å²) in [5.74, 6) is -1.32. The lowest BCUT2D eigenvalue weighted by atomic mass is 9.98. The molecule has 4 rings (SSSR count). The van der Waals surface area contributed by atoms with E-state index in [9.17, 15) is 19.5 Å². The molecule has 2 amide bonds. The number of rotatable bonds is 9. The van der Waals surface area contributed by atoms with Gasteiger partial charge in [0.05, 0.1) is 6.61 Å². The molecular weight excluding hydrogens is 520 g/mol. The maximum atomic E-state index is 12.8. The zero-order valence-electron chi connectivity index (χ0n) is 22.2. The van der Waals surface area contributed by atoms with Crippen molar-refractivity contribution >= 4 is 35.0 Å². The number of likely N-dealkylation sites (tertiary alicyclic amines) is 1. The van der Waals surface area contributed by atoms with Crippen molar-refractivity contribution < 1.29 is 34.1 Å². The fourth-order valence-electron chi connectivity index (χ4n) is 4.66. The van der Waals surface area contributed by atoms with E-state index >= 15 is 0 Å². The Hall–Kier alpha value is -4.05. The van der Waals surface area contributed by atoms with Gasteiger partial charge in [0.1, 0.15) is 11.5 Å². The largest absolute Gasteiger partial charge is 0.493 e. The number of hydrogen-bond donors (Lipinski definition) is 3. The summed E-state index contributed by atoms with van der Waals surface area (Å²) < 4.78 is 11.4. The fourth-order valence-corrected chi connectivity index (χ4v) is 5.75. The lowest BCUT2D eigenvalue weighted by Crippen LogP contribution is -2.42. The number of carboxylic acid groups (broad SMARTS) is 2. The van der Waals surface area contributed by atoms with Crippen LogP contribution in [0.15, 0.2) is 42.5 Å². The highest BCUT2D eigenvalue weighted by molar-refractivity contribution is 7.18. The second kappa shape index (κ2) is 12.2. The molecule has 10 heteroatoms. The molecule has 0 radical (unpaired) electrons. The summed E-state index contributed by atoms with van der Waals surface area (Å²) in [5, 5.41) is 21.6. The van der Waals surface area contributed by atoms with Gasteiger partial charge in [0.25, 0.3) is 0 Å². The van der Waals surface area contributed by atoms with Gasteiger partial charge in [-0.25, -0.2) is 14.4 Å². The molecule has 0 aliphatic carbocycles. The highest BCUT2D eigenvalue weighted by Gasteiger charge is 2.25. The van der Waals surface area contributed by atoms with Crippen LogP contribution in [0.4, 0.5) is 10.5 Å². The molecule has 206 valence electrons. The number of ether oxygens (including phenoxy) is 2. The highest BCUT2D eigenvalue weighted by Crippen LogP contribution is 2.42. The molecule has 0 saturated carbocycles. The first-order valence-electron chi connectivity index (χ1n) is 12.7. The predicted molar refractivity (Wildman–Crippen MR) is 149 cm³/mol. The second-order valence-corrected chi connectivity index (χ2v) is 10.7. The smallest absolute Gasteiger partial charge is 0.349 e. The number of nitrogens with one attached hydrogen (secondary N) is 1. The summed E-state index contributed by atoms with van der Waals surface area (Å²) >= 11 is 1.04. The van der Waals surface area contributed by atoms with E-state index in [0.29, 0.717) is 41.8 Å². The van der Waals surface area contributed by atoms with Crippen LogP contribution in [-0.4, -0.2) is 59.4 Å². The first-order valence-corrected chi connectivity index (χ1v) is 13.5. The number of nitrogens with zero attached hydrogens (tertiary/aromatic N) is 1. The number of carboxylic acids is 2. The van der Waals surface area contributed by atoms with Gasteiger partial charge < -0.3 is 29.9 Å². The zero-order chi connectivity index (χ0) is 28.1. The van der Waals surface area contributed by atoms with Crippen LogP contribution in [0.1, 0.15) is 39.2 Å². The van der Waals surface area contributed by atoms with Gasteiger partial charge in [-0.05, 0) is 68.4 Å². The number of aliphatic carboxylic acids is 1. The van der Waals surface area contributed by atoms with Crippen molar-refractivity contribution in [3.63, 3.8) is 0 Å². The third-order valence-corrected chi connectivity index (χ3v) is 8.13. The molecule has 1 aliphatic rings. The van der Waals surface area contributed by atoms with Gasteiger partial charge in [0.2, 0.25) is 0 Å². The van der Waals surface area contributed by atoms with Gasteiger partial charge >= 0.3 is 18.0 Å². The molecule has 39 heavy (non-hydrogen) atoms. The van der Waals surface area contributed by atoms with Gasteiger partial charge in [-0.2, -0.15) is 0 Å². The molecule has 1 aliphatic heterocycles. The number of benzene rings is 2. The molecule has 0 bridgehead atoms. The van der Waals surface area contributed by atoms with Crippen LogP contribution in [0.3, 0.4) is 0 Å². The molecule has 1 aromatic heterocycles. The monoisotopic (exact) mass is 552 g/mol. The molecule has 2 aromatic carbocycles. The second-order valence-electron chi connectivity index (χ2n) is 9.67. The number of carbonyl (C=O) groups excluding carboxylic acids is 1. The van der Waals surface area contributed by atoms with Crippen molar-refractivity contribution in [3.05, 3.63) is 64.0 Å². The maximum absolute atomic E-state index is 12.8. The van der Waals surface area contributed by atoms with E-state index in [1.54, 1.807) is 6.92 Å². The number of aromatic carboxylic acids is 1. The van der Waals surface area contributed by atoms with Crippen LogP contribution < -0.4 is 14.8 Å². The normalized spacial score (nSPS) is 13.7. The molecular formula is C29H32N2O7S. The first-order chi connectivity index (χ1) is 18.6. The summed E-state index contributed by atoms with van der Waals surface area (Å²) in [5.41, 5.74) is 4.28. The van der Waals surface area contributed by atoms with Crippen molar-refractivity contribution in [2.75, 3.05) is 31.6 Å². The number of carbonyl (C=O) groups is 3. The van der Waals surface area contributed by atoms with E-state index in [2.05, 4.69) is 5.32 Å². The van der Waals surface area contributed by atoms with Gasteiger partial charge in [-0.15, -0.1) is 11.3 Å². The molecule has 9 nitrogen and oxygen atoms in total. The van der Waals surface area contributed by atoms with Crippen LogP contribution in [-0.2, 0) is 4.79 Å². The van der Waals surface area contributed by atoms with Crippen molar-refractivity contribution in [2.45, 2.75) is 33.6 Å². The molecule has 2 heterocycles. The third-order valence-electron chi connectivity index (χ3n) is 6.82. The quantitative estimate of drug-likeness (QED) is 0.305. The Morgan fingerprint density at radius 3 is 2.31 bits per heavy atom. The Morgan fingerprint density at radius 2 is 1.67 bits per heavy atom. The van der Waals surface area contributed by atoms with Crippen LogP contribution >= 0.6 is 11.3 Å². The van der Waals surface area contributed by atoms with Crippen molar-refractivity contribution in [2.24, 2.45) is 5.92 Å². The number of aryl methyl sites for hydroxylation is 2. The summed E-state index contributed by atoms with van der Waals surface area (Å²) in [4.78, 5) is 37.9. The van der Waals surface area contributed by atoms with Crippen LogP contribution in [0.25, 0.3) is 10.4 Å². The van der Waals surface area contributed by atoms with E-state index in [4.69, 9.17) is 14.6 Å². The van der Waals surface area contributed by atoms with E-state index in [1.165, 1.54) is 0 Å². The number of para-hydroxylation sites is 1.